The molecule has 0 radical (unpaired) electrons. The Morgan fingerprint density at radius 1 is 1.42 bits per heavy atom. The van der Waals surface area contributed by atoms with E-state index in [4.69, 9.17) is 0 Å². The first-order valence-corrected chi connectivity index (χ1v) is 8.52. The molecule has 0 aliphatic heterocycles. The Bertz CT molecular complexity index is 849. The number of aromatic nitrogens is 6. The number of rotatable bonds is 5. The van der Waals surface area contributed by atoms with Crippen LogP contribution in [0.15, 0.2) is 18.6 Å². The number of hydrogen-bond acceptors (Lipinski definition) is 6. The average Bonchev–Trinajstić information content (AvgIpc) is 3.28. The number of hydrogen-bond donors (Lipinski definition) is 1. The van der Waals surface area contributed by atoms with Crippen LogP contribution in [-0.4, -0.2) is 35.9 Å². The number of aryl methyl sites for hydroxylation is 1. The number of thiophene rings is 1. The van der Waals surface area contributed by atoms with Crippen molar-refractivity contribution in [2.75, 3.05) is 5.32 Å². The summed E-state index contributed by atoms with van der Waals surface area (Å²) in [6.07, 6.45) is 4.11. The molecule has 0 bridgehead atoms. The third kappa shape index (κ3) is 2.82. The van der Waals surface area contributed by atoms with Crippen LogP contribution in [0.2, 0.25) is 0 Å². The largest absolute Gasteiger partial charge is 0.307 e. The first-order chi connectivity index (χ1) is 11.5. The third-order valence-electron chi connectivity index (χ3n) is 4.07. The molecule has 0 fully saturated rings. The van der Waals surface area contributed by atoms with E-state index in [0.717, 1.165) is 16.9 Å². The van der Waals surface area contributed by atoms with Crippen molar-refractivity contribution in [1.29, 1.82) is 0 Å². The summed E-state index contributed by atoms with van der Waals surface area (Å²) < 4.78 is 3.34. The predicted molar refractivity (Wildman–Crippen MR) is 91.7 cm³/mol. The van der Waals surface area contributed by atoms with Gasteiger partial charge in [0.25, 0.3) is 5.91 Å². The van der Waals surface area contributed by atoms with E-state index in [-0.39, 0.29) is 11.9 Å². The summed E-state index contributed by atoms with van der Waals surface area (Å²) in [5.41, 5.74) is 1.51. The average molecular weight is 345 g/mol. The van der Waals surface area contributed by atoms with Crippen LogP contribution in [0.25, 0.3) is 5.00 Å². The number of carbonyl (C=O) groups excluding carboxylic acids is 1. The lowest BCUT2D eigenvalue weighted by Gasteiger charge is -2.14. The molecule has 0 aliphatic carbocycles. The van der Waals surface area contributed by atoms with E-state index in [0.29, 0.717) is 16.4 Å². The topological polar surface area (TPSA) is 90.5 Å². The second kappa shape index (κ2) is 6.52. The minimum Gasteiger partial charge on any atom is -0.307 e. The maximum atomic E-state index is 12.9. The number of amides is 1. The molecule has 0 aromatic carbocycles. The molecule has 24 heavy (non-hydrogen) atoms. The number of carbonyl (C=O) groups is 1. The van der Waals surface area contributed by atoms with Gasteiger partial charge < -0.3 is 5.32 Å². The van der Waals surface area contributed by atoms with Gasteiger partial charge in [0.2, 0.25) is 0 Å². The molecular weight excluding hydrogens is 326 g/mol. The highest BCUT2D eigenvalue weighted by atomic mass is 32.1. The lowest BCUT2D eigenvalue weighted by Crippen LogP contribution is -2.19. The van der Waals surface area contributed by atoms with Crippen LogP contribution in [-0.2, 0) is 0 Å². The maximum Gasteiger partial charge on any atom is 0.260 e. The highest BCUT2D eigenvalue weighted by molar-refractivity contribution is 7.15. The van der Waals surface area contributed by atoms with Crippen molar-refractivity contribution in [2.45, 2.75) is 40.2 Å². The quantitative estimate of drug-likeness (QED) is 0.768. The van der Waals surface area contributed by atoms with Gasteiger partial charge in [0.15, 0.2) is 0 Å². The van der Waals surface area contributed by atoms with Gasteiger partial charge in [-0.05, 0) is 43.2 Å². The van der Waals surface area contributed by atoms with Gasteiger partial charge in [0.05, 0.1) is 17.8 Å². The Hall–Kier alpha value is -2.55. The minimum atomic E-state index is -0.188. The van der Waals surface area contributed by atoms with Crippen molar-refractivity contribution in [2.24, 2.45) is 0 Å². The molecule has 0 spiro atoms. The van der Waals surface area contributed by atoms with Gasteiger partial charge in [-0.25, -0.2) is 4.68 Å². The van der Waals surface area contributed by atoms with Gasteiger partial charge in [-0.3, -0.25) is 4.79 Å². The number of tetrazole rings is 1. The Kier molecular flexibility index (Phi) is 4.43. The zero-order valence-electron chi connectivity index (χ0n) is 14.0. The fourth-order valence-corrected chi connectivity index (χ4v) is 3.48. The second-order valence-electron chi connectivity index (χ2n) is 5.59. The van der Waals surface area contributed by atoms with Crippen LogP contribution in [0, 0.1) is 13.8 Å². The van der Waals surface area contributed by atoms with Crippen molar-refractivity contribution >= 4 is 23.1 Å². The molecule has 3 aromatic heterocycles. The van der Waals surface area contributed by atoms with E-state index >= 15 is 0 Å². The number of nitrogens with one attached hydrogen (secondary N) is 1. The van der Waals surface area contributed by atoms with Crippen LogP contribution >= 0.6 is 11.3 Å². The van der Waals surface area contributed by atoms with Gasteiger partial charge in [-0.15, -0.1) is 16.4 Å². The summed E-state index contributed by atoms with van der Waals surface area (Å²) >= 11 is 1.49. The van der Waals surface area contributed by atoms with Gasteiger partial charge in [0.1, 0.15) is 17.1 Å². The summed E-state index contributed by atoms with van der Waals surface area (Å²) in [6.45, 7) is 8.06. The van der Waals surface area contributed by atoms with Crippen LogP contribution in [0.1, 0.15) is 47.1 Å². The Morgan fingerprint density at radius 3 is 2.88 bits per heavy atom. The van der Waals surface area contributed by atoms with E-state index in [9.17, 15) is 4.79 Å². The number of anilines is 1. The molecule has 0 aliphatic rings. The van der Waals surface area contributed by atoms with Crippen LogP contribution in [0.5, 0.6) is 0 Å². The van der Waals surface area contributed by atoms with Crippen molar-refractivity contribution in [3.8, 4) is 5.00 Å². The van der Waals surface area contributed by atoms with Crippen molar-refractivity contribution in [3.63, 3.8) is 0 Å². The summed E-state index contributed by atoms with van der Waals surface area (Å²) in [5, 5.41) is 19.2. The zero-order chi connectivity index (χ0) is 17.3. The molecule has 3 heterocycles. The molecule has 1 amide bonds. The van der Waals surface area contributed by atoms with E-state index in [1.54, 1.807) is 12.3 Å². The highest BCUT2D eigenvalue weighted by Crippen LogP contribution is 2.31. The fourth-order valence-electron chi connectivity index (χ4n) is 2.41. The van der Waals surface area contributed by atoms with E-state index in [2.05, 4.69) is 39.8 Å². The Balaban J connectivity index is 1.96. The van der Waals surface area contributed by atoms with E-state index < -0.39 is 0 Å². The molecule has 3 rings (SSSR count). The normalized spacial score (nSPS) is 12.3. The Morgan fingerprint density at radius 2 is 2.21 bits per heavy atom. The van der Waals surface area contributed by atoms with Crippen molar-refractivity contribution in [3.05, 3.63) is 34.6 Å². The lowest BCUT2D eigenvalue weighted by molar-refractivity contribution is 0.102. The summed E-state index contributed by atoms with van der Waals surface area (Å²) in [4.78, 5) is 14.0. The lowest BCUT2D eigenvalue weighted by atomic mass is 10.1. The fraction of sp³-hybridized carbons (Fsp3) is 0.400. The summed E-state index contributed by atoms with van der Waals surface area (Å²) in [5.74, 6) is 0.493. The summed E-state index contributed by atoms with van der Waals surface area (Å²) in [6, 6.07) is 2.01. The zero-order valence-corrected chi connectivity index (χ0v) is 14.8. The van der Waals surface area contributed by atoms with Crippen molar-refractivity contribution < 1.29 is 4.79 Å². The molecule has 3 aromatic rings. The van der Waals surface area contributed by atoms with E-state index in [1.165, 1.54) is 22.3 Å². The van der Waals surface area contributed by atoms with Gasteiger partial charge >= 0.3 is 0 Å². The number of nitrogens with zero attached hydrogens (tertiary/aromatic N) is 6. The summed E-state index contributed by atoms with van der Waals surface area (Å²) in [7, 11) is 0. The van der Waals surface area contributed by atoms with Crippen LogP contribution < -0.4 is 5.32 Å². The molecular formula is C15H19N7OS. The molecule has 0 saturated heterocycles. The first kappa shape index (κ1) is 16.3. The molecule has 0 saturated carbocycles. The molecule has 126 valence electrons. The van der Waals surface area contributed by atoms with Gasteiger partial charge in [-0.1, -0.05) is 6.92 Å². The first-order valence-electron chi connectivity index (χ1n) is 7.71. The van der Waals surface area contributed by atoms with Gasteiger partial charge in [-0.2, -0.15) is 9.78 Å². The van der Waals surface area contributed by atoms with E-state index in [1.807, 2.05) is 18.5 Å². The minimum absolute atomic E-state index is 0.188. The second-order valence-corrected chi connectivity index (χ2v) is 6.79. The van der Waals surface area contributed by atoms with Gasteiger partial charge in [0, 0.05) is 10.9 Å². The maximum absolute atomic E-state index is 12.9. The molecule has 1 unspecified atom stereocenters. The molecule has 9 heteroatoms. The molecule has 1 N–H and O–H groups in total. The third-order valence-corrected chi connectivity index (χ3v) is 5.27. The predicted octanol–water partition coefficient (Wildman–Crippen LogP) is 2.76. The molecule has 1 atom stereocenters. The Labute approximate surface area is 143 Å². The SMILES string of the molecule is CCC(C)n1nccc1NC(=O)c1c(-n2cnnn2)sc(C)c1C. The molecule has 8 nitrogen and oxygen atoms in total. The standard InChI is InChI=1S/C15H19N7OS/c1-5-9(2)22-12(6-7-17-22)18-14(23)13-10(3)11(4)24-15(13)21-8-16-19-20-21/h6-9H,5H2,1-4H3,(H,18,23). The smallest absolute Gasteiger partial charge is 0.260 e. The monoisotopic (exact) mass is 345 g/mol. The van der Waals surface area contributed by atoms with Crippen LogP contribution in [0.4, 0.5) is 5.82 Å². The highest BCUT2D eigenvalue weighted by Gasteiger charge is 2.23. The van der Waals surface area contributed by atoms with Crippen molar-refractivity contribution in [1.82, 2.24) is 30.0 Å². The van der Waals surface area contributed by atoms with Crippen LogP contribution in [0.3, 0.4) is 0 Å².